The van der Waals surface area contributed by atoms with Crippen molar-refractivity contribution in [2.75, 3.05) is 14.2 Å². The Balaban J connectivity index is 1.78. The predicted molar refractivity (Wildman–Crippen MR) is 120 cm³/mol. The molecule has 29 heavy (non-hydrogen) atoms. The van der Waals surface area contributed by atoms with Crippen LogP contribution in [0, 0.1) is 5.92 Å². The second-order valence-corrected chi connectivity index (χ2v) is 8.89. The molecule has 0 amide bonds. The number of thioether (sulfide) groups is 1. The molecule has 0 saturated carbocycles. The number of oxime groups is 1. The van der Waals surface area contributed by atoms with E-state index in [0.29, 0.717) is 18.1 Å². The molecular weight excluding hydrogens is 408 g/mol. The van der Waals surface area contributed by atoms with Crippen LogP contribution in [0.25, 0.3) is 15.7 Å². The zero-order chi connectivity index (χ0) is 21.0. The van der Waals surface area contributed by atoms with Crippen LogP contribution in [0.3, 0.4) is 0 Å². The van der Waals surface area contributed by atoms with E-state index >= 15 is 0 Å². The summed E-state index contributed by atoms with van der Waals surface area (Å²) in [6, 6.07) is 6.02. The summed E-state index contributed by atoms with van der Waals surface area (Å²) < 4.78 is 11.0. The molecule has 6 nitrogen and oxygen atoms in total. The Kier molecular flexibility index (Phi) is 6.97. The van der Waals surface area contributed by atoms with Crippen LogP contribution in [-0.2, 0) is 25.7 Å². The molecule has 1 aliphatic heterocycles. The van der Waals surface area contributed by atoms with Gasteiger partial charge < -0.3 is 14.3 Å². The van der Waals surface area contributed by atoms with E-state index in [-0.39, 0.29) is 5.37 Å². The van der Waals surface area contributed by atoms with E-state index in [2.05, 4.69) is 24.0 Å². The lowest BCUT2D eigenvalue weighted by molar-refractivity contribution is -0.133. The number of rotatable bonds is 7. The minimum absolute atomic E-state index is 0.200. The molecule has 154 valence electrons. The molecule has 1 atom stereocenters. The number of carbonyl (C=O) groups is 1. The van der Waals surface area contributed by atoms with Crippen molar-refractivity contribution >= 4 is 55.5 Å². The van der Waals surface area contributed by atoms with Gasteiger partial charge in [0.25, 0.3) is 0 Å². The van der Waals surface area contributed by atoms with Gasteiger partial charge in [-0.15, -0.1) is 11.3 Å². The zero-order valence-electron chi connectivity index (χ0n) is 17.1. The summed E-state index contributed by atoms with van der Waals surface area (Å²) in [5.74, 6) is 0.0126. The van der Waals surface area contributed by atoms with Gasteiger partial charge in [0.1, 0.15) is 17.6 Å². The molecule has 0 saturated heterocycles. The number of carbonyl (C=O) groups excluding carboxylic acids is 1. The molecule has 0 bridgehead atoms. The quantitative estimate of drug-likeness (QED) is 0.264. The molecule has 1 aromatic carbocycles. The summed E-state index contributed by atoms with van der Waals surface area (Å²) in [5.41, 5.74) is 3.03. The van der Waals surface area contributed by atoms with E-state index in [1.54, 1.807) is 23.1 Å². The van der Waals surface area contributed by atoms with Gasteiger partial charge in [0.2, 0.25) is 0 Å². The lowest BCUT2D eigenvalue weighted by Gasteiger charge is -2.08. The van der Waals surface area contributed by atoms with E-state index in [9.17, 15) is 4.79 Å². The Morgan fingerprint density at radius 1 is 1.34 bits per heavy atom. The second-order valence-electron chi connectivity index (χ2n) is 6.88. The average Bonchev–Trinajstić information content (AvgIpc) is 3.29. The van der Waals surface area contributed by atoms with Crippen molar-refractivity contribution in [3.05, 3.63) is 41.0 Å². The highest BCUT2D eigenvalue weighted by molar-refractivity contribution is 8.16. The van der Waals surface area contributed by atoms with Gasteiger partial charge in [0.05, 0.1) is 26.2 Å². The summed E-state index contributed by atoms with van der Waals surface area (Å²) in [6.45, 7) is 6.58. The van der Waals surface area contributed by atoms with E-state index in [0.717, 1.165) is 32.0 Å². The van der Waals surface area contributed by atoms with E-state index in [1.165, 1.54) is 20.5 Å². The third kappa shape index (κ3) is 4.82. The molecule has 0 spiro atoms. The molecule has 0 N–H and O–H groups in total. The first-order valence-electron chi connectivity index (χ1n) is 9.17. The van der Waals surface area contributed by atoms with Gasteiger partial charge in [0, 0.05) is 21.0 Å². The van der Waals surface area contributed by atoms with Gasteiger partial charge >= 0.3 is 5.97 Å². The van der Waals surface area contributed by atoms with Gasteiger partial charge in [0.15, 0.2) is 5.04 Å². The monoisotopic (exact) mass is 432 g/mol. The number of aliphatic imine (C=N–C) groups is 1. The molecule has 0 radical (unpaired) electrons. The second kappa shape index (κ2) is 9.45. The minimum atomic E-state index is -0.438. The number of thiophene rings is 1. The molecular formula is C21H24N2O4S2. The number of ether oxygens (including phenoxy) is 2. The van der Waals surface area contributed by atoms with Crippen LogP contribution in [-0.4, -0.2) is 36.3 Å². The van der Waals surface area contributed by atoms with E-state index < -0.39 is 5.97 Å². The third-order valence-electron chi connectivity index (χ3n) is 4.38. The number of fused-ring (bicyclic) bond motifs is 1. The smallest absolute Gasteiger partial charge is 0.341 e. The lowest BCUT2D eigenvalue weighted by Crippen LogP contribution is -2.05. The van der Waals surface area contributed by atoms with Crippen molar-refractivity contribution in [1.29, 1.82) is 0 Å². The maximum absolute atomic E-state index is 12.1. The highest BCUT2D eigenvalue weighted by Gasteiger charge is 2.25. The summed E-state index contributed by atoms with van der Waals surface area (Å²) >= 11 is 3.19. The SMILES string of the molecule is COC=C(C(=O)OC)c1csc2ccc(CON=C3SC(C(C)C)N=C3C)cc12. The number of methoxy groups -OCH3 is 2. The Morgan fingerprint density at radius 3 is 2.79 bits per heavy atom. The molecule has 2 heterocycles. The van der Waals surface area contributed by atoms with Crippen molar-refractivity contribution in [3.63, 3.8) is 0 Å². The Hall–Kier alpha value is -2.32. The van der Waals surface area contributed by atoms with Gasteiger partial charge in [-0.3, -0.25) is 4.99 Å². The lowest BCUT2D eigenvalue weighted by atomic mass is 10.0. The van der Waals surface area contributed by atoms with Crippen LogP contribution in [0.5, 0.6) is 0 Å². The number of hydrogen-bond donors (Lipinski definition) is 0. The molecule has 1 aliphatic rings. The van der Waals surface area contributed by atoms with Gasteiger partial charge in [-0.1, -0.05) is 36.8 Å². The topological polar surface area (TPSA) is 69.5 Å². The highest BCUT2D eigenvalue weighted by atomic mass is 32.2. The maximum atomic E-state index is 12.1. The summed E-state index contributed by atoms with van der Waals surface area (Å²) in [6.07, 6.45) is 1.41. The first-order valence-corrected chi connectivity index (χ1v) is 10.9. The Labute approximate surface area is 178 Å². The fourth-order valence-corrected chi connectivity index (χ4v) is 4.81. The highest BCUT2D eigenvalue weighted by Crippen LogP contribution is 2.33. The largest absolute Gasteiger partial charge is 0.503 e. The molecule has 8 heteroatoms. The van der Waals surface area contributed by atoms with Crippen LogP contribution in [0.4, 0.5) is 0 Å². The van der Waals surface area contributed by atoms with Crippen LogP contribution in [0.2, 0.25) is 0 Å². The number of benzene rings is 1. The summed E-state index contributed by atoms with van der Waals surface area (Å²) in [7, 11) is 2.86. The molecule has 1 unspecified atom stereocenters. The van der Waals surface area contributed by atoms with E-state index in [4.69, 9.17) is 14.3 Å². The van der Waals surface area contributed by atoms with Crippen LogP contribution in [0.15, 0.2) is 40.0 Å². The van der Waals surface area contributed by atoms with Crippen molar-refractivity contribution in [2.24, 2.45) is 16.1 Å². The first-order chi connectivity index (χ1) is 13.9. The van der Waals surface area contributed by atoms with Crippen LogP contribution >= 0.6 is 23.1 Å². The molecule has 1 aromatic heterocycles. The average molecular weight is 433 g/mol. The zero-order valence-corrected chi connectivity index (χ0v) is 18.7. The Bertz CT molecular complexity index is 992. The first kappa shape index (κ1) is 21.4. The summed E-state index contributed by atoms with van der Waals surface area (Å²) in [4.78, 5) is 22.3. The van der Waals surface area contributed by atoms with Gasteiger partial charge in [-0.25, -0.2) is 4.79 Å². The number of esters is 1. The van der Waals surface area contributed by atoms with Crippen molar-refractivity contribution in [3.8, 4) is 0 Å². The van der Waals surface area contributed by atoms with Crippen molar-refractivity contribution in [2.45, 2.75) is 32.8 Å². The summed E-state index contributed by atoms with van der Waals surface area (Å²) in [5, 5.41) is 8.18. The Morgan fingerprint density at radius 2 is 2.14 bits per heavy atom. The molecule has 3 rings (SSSR count). The fraction of sp³-hybridized carbons (Fsp3) is 0.381. The maximum Gasteiger partial charge on any atom is 0.341 e. The predicted octanol–water partition coefficient (Wildman–Crippen LogP) is 5.08. The normalized spacial score (nSPS) is 18.4. The van der Waals surface area contributed by atoms with Gasteiger partial charge in [-0.05, 0) is 30.5 Å². The number of hydrogen-bond acceptors (Lipinski definition) is 8. The van der Waals surface area contributed by atoms with E-state index in [1.807, 2.05) is 30.5 Å². The third-order valence-corrected chi connectivity index (χ3v) is 6.83. The van der Waals surface area contributed by atoms with Gasteiger partial charge in [-0.2, -0.15) is 0 Å². The molecule has 2 aromatic rings. The molecule has 0 aliphatic carbocycles. The minimum Gasteiger partial charge on any atom is -0.503 e. The number of nitrogens with zero attached hydrogens (tertiary/aromatic N) is 2. The molecule has 0 fully saturated rings. The van der Waals surface area contributed by atoms with Crippen LogP contribution < -0.4 is 0 Å². The fourth-order valence-electron chi connectivity index (χ4n) is 2.83. The van der Waals surface area contributed by atoms with Crippen molar-refractivity contribution in [1.82, 2.24) is 0 Å². The van der Waals surface area contributed by atoms with Crippen LogP contribution in [0.1, 0.15) is 31.9 Å². The standard InChI is InChI=1S/C21H24N2O4S2/c1-12(2)19-22-13(3)20(29-19)23-27-9-14-6-7-18-15(8-14)17(11-28-18)16(10-25-4)21(24)26-5/h6-8,10-12,19H,9H2,1-5H3. The van der Waals surface area contributed by atoms with Crippen molar-refractivity contribution < 1.29 is 19.1 Å².